The molecule has 0 aromatic rings. The van der Waals surface area contributed by atoms with Gasteiger partial charge < -0.3 is 14.9 Å². The Morgan fingerprint density at radius 3 is 2.34 bits per heavy atom. The van der Waals surface area contributed by atoms with E-state index in [0.29, 0.717) is 24.2 Å². The summed E-state index contributed by atoms with van der Waals surface area (Å²) in [6.45, 7) is 8.20. The first kappa shape index (κ1) is 21.3. The highest BCUT2D eigenvalue weighted by Gasteiger charge is 2.66. The van der Waals surface area contributed by atoms with Crippen LogP contribution < -0.4 is 0 Å². The van der Waals surface area contributed by atoms with E-state index >= 15 is 0 Å². The van der Waals surface area contributed by atoms with Crippen molar-refractivity contribution in [2.75, 3.05) is 6.61 Å². The largest absolute Gasteiger partial charge is 0.460 e. The minimum atomic E-state index is -0.566. The van der Waals surface area contributed by atoms with Crippen LogP contribution in [0.4, 0.5) is 0 Å². The predicted molar refractivity (Wildman–Crippen MR) is 109 cm³/mol. The molecule has 0 bridgehead atoms. The summed E-state index contributed by atoms with van der Waals surface area (Å²) in [6, 6.07) is 0. The zero-order valence-electron chi connectivity index (χ0n) is 18.4. The number of fused-ring (bicyclic) bond motifs is 5. The molecule has 29 heavy (non-hydrogen) atoms. The fourth-order valence-corrected chi connectivity index (χ4v) is 8.58. The van der Waals surface area contributed by atoms with Gasteiger partial charge in [0.2, 0.25) is 0 Å². The van der Waals surface area contributed by atoms with Crippen LogP contribution >= 0.6 is 0 Å². The molecule has 0 unspecified atom stereocenters. The lowest BCUT2D eigenvalue weighted by Crippen LogP contribution is -2.62. The molecule has 9 atom stereocenters. The van der Waals surface area contributed by atoms with Crippen molar-refractivity contribution in [3.63, 3.8) is 0 Å². The molecule has 164 valence electrons. The summed E-state index contributed by atoms with van der Waals surface area (Å²) in [5, 5.41) is 20.1. The lowest BCUT2D eigenvalue weighted by atomic mass is 9.38. The number of rotatable bonds is 3. The Morgan fingerprint density at radius 1 is 1.00 bits per heavy atom. The first-order valence-corrected chi connectivity index (χ1v) is 11.6. The van der Waals surface area contributed by atoms with Crippen LogP contribution in [-0.2, 0) is 14.3 Å². The smallest absolute Gasteiger partial charge is 0.302 e. The SMILES string of the molecule is CC(=O)O[C@H]1C[C@@]2(C)[C@@H](CC[C@H]3[C@@H]4CC[C@H](C(=O)CO)[C@@]4(C)CC[C@@]32C)C[C@@H]1O. The van der Waals surface area contributed by atoms with Crippen molar-refractivity contribution < 1.29 is 24.5 Å². The summed E-state index contributed by atoms with van der Waals surface area (Å²) in [4.78, 5) is 24.1. The van der Waals surface area contributed by atoms with Crippen molar-refractivity contribution in [3.8, 4) is 0 Å². The molecule has 4 rings (SSSR count). The van der Waals surface area contributed by atoms with E-state index < -0.39 is 12.2 Å². The molecule has 0 spiro atoms. The van der Waals surface area contributed by atoms with Gasteiger partial charge in [0.05, 0.1) is 6.10 Å². The van der Waals surface area contributed by atoms with E-state index in [9.17, 15) is 19.8 Å². The third kappa shape index (κ3) is 2.94. The first-order chi connectivity index (χ1) is 13.6. The Kier molecular flexibility index (Phi) is 5.18. The Hall–Kier alpha value is -0.940. The van der Waals surface area contributed by atoms with E-state index in [1.54, 1.807) is 0 Å². The lowest BCUT2D eigenvalue weighted by Gasteiger charge is -2.67. The molecule has 4 saturated carbocycles. The molecule has 0 saturated heterocycles. The number of aliphatic hydroxyl groups excluding tert-OH is 2. The van der Waals surface area contributed by atoms with Gasteiger partial charge in [-0.15, -0.1) is 0 Å². The van der Waals surface area contributed by atoms with E-state index in [-0.39, 0.29) is 40.5 Å². The van der Waals surface area contributed by atoms with E-state index in [1.165, 1.54) is 6.92 Å². The van der Waals surface area contributed by atoms with Gasteiger partial charge in [0.15, 0.2) is 5.78 Å². The third-order valence-electron chi connectivity index (χ3n) is 10.4. The summed E-state index contributed by atoms with van der Waals surface area (Å²) >= 11 is 0. The average Bonchev–Trinajstić information content (AvgIpc) is 3.00. The van der Waals surface area contributed by atoms with Gasteiger partial charge in [-0.1, -0.05) is 20.8 Å². The number of ether oxygens (including phenoxy) is 1. The molecule has 4 aliphatic carbocycles. The maximum absolute atomic E-state index is 12.5. The summed E-state index contributed by atoms with van der Waals surface area (Å²) in [5.41, 5.74) is 0.141. The van der Waals surface area contributed by atoms with Crippen molar-refractivity contribution in [2.45, 2.75) is 91.3 Å². The lowest BCUT2D eigenvalue weighted by molar-refractivity contribution is -0.213. The average molecular weight is 407 g/mol. The van der Waals surface area contributed by atoms with Crippen molar-refractivity contribution in [3.05, 3.63) is 0 Å². The maximum atomic E-state index is 12.5. The van der Waals surface area contributed by atoms with Crippen LogP contribution in [0.15, 0.2) is 0 Å². The molecule has 0 radical (unpaired) electrons. The Labute approximate surface area is 174 Å². The highest BCUT2D eigenvalue weighted by Crippen LogP contribution is 2.72. The number of ketones is 1. The number of carbonyl (C=O) groups excluding carboxylic acids is 2. The zero-order chi connectivity index (χ0) is 21.2. The summed E-state index contributed by atoms with van der Waals surface area (Å²) in [6.07, 6.45) is 6.78. The van der Waals surface area contributed by atoms with Crippen molar-refractivity contribution in [2.24, 2.45) is 39.9 Å². The van der Waals surface area contributed by atoms with Gasteiger partial charge in [0.1, 0.15) is 12.7 Å². The molecule has 4 aliphatic rings. The first-order valence-electron chi connectivity index (χ1n) is 11.6. The molecule has 0 aromatic carbocycles. The second kappa shape index (κ2) is 7.05. The maximum Gasteiger partial charge on any atom is 0.302 e. The minimum absolute atomic E-state index is 0.00332. The second-order valence-corrected chi connectivity index (χ2v) is 11.2. The van der Waals surface area contributed by atoms with Crippen molar-refractivity contribution in [1.82, 2.24) is 0 Å². The molecule has 2 N–H and O–H groups in total. The molecule has 5 nitrogen and oxygen atoms in total. The number of Topliss-reactive ketones (excluding diaryl/α,β-unsaturated/α-hetero) is 1. The van der Waals surface area contributed by atoms with E-state index in [0.717, 1.165) is 44.9 Å². The van der Waals surface area contributed by atoms with Crippen LogP contribution in [0.25, 0.3) is 0 Å². The van der Waals surface area contributed by atoms with Gasteiger partial charge >= 0.3 is 5.97 Å². The van der Waals surface area contributed by atoms with Crippen LogP contribution in [-0.4, -0.2) is 40.8 Å². The second-order valence-electron chi connectivity index (χ2n) is 11.2. The number of carbonyl (C=O) groups is 2. The zero-order valence-corrected chi connectivity index (χ0v) is 18.4. The summed E-state index contributed by atoms with van der Waals surface area (Å²) in [7, 11) is 0. The third-order valence-corrected chi connectivity index (χ3v) is 10.4. The predicted octanol–water partition coefficient (Wildman–Crippen LogP) is 3.50. The fourth-order valence-electron chi connectivity index (χ4n) is 8.58. The van der Waals surface area contributed by atoms with E-state index in [1.807, 2.05) is 0 Å². The van der Waals surface area contributed by atoms with Crippen LogP contribution in [0.5, 0.6) is 0 Å². The van der Waals surface area contributed by atoms with Crippen molar-refractivity contribution >= 4 is 11.8 Å². The van der Waals surface area contributed by atoms with E-state index in [4.69, 9.17) is 4.74 Å². The number of esters is 1. The van der Waals surface area contributed by atoms with Crippen LogP contribution in [0, 0.1) is 39.9 Å². The van der Waals surface area contributed by atoms with Gasteiger partial charge in [-0.05, 0) is 85.4 Å². The van der Waals surface area contributed by atoms with Crippen molar-refractivity contribution in [1.29, 1.82) is 0 Å². The summed E-state index contributed by atoms with van der Waals surface area (Å²) < 4.78 is 5.55. The quantitative estimate of drug-likeness (QED) is 0.701. The van der Waals surface area contributed by atoms with E-state index in [2.05, 4.69) is 20.8 Å². The van der Waals surface area contributed by atoms with Crippen LogP contribution in [0.3, 0.4) is 0 Å². The van der Waals surface area contributed by atoms with Crippen LogP contribution in [0.2, 0.25) is 0 Å². The highest BCUT2D eigenvalue weighted by molar-refractivity contribution is 5.83. The molecule has 0 aliphatic heterocycles. The van der Waals surface area contributed by atoms with Crippen LogP contribution in [0.1, 0.15) is 79.1 Å². The summed E-state index contributed by atoms with van der Waals surface area (Å²) in [5.74, 6) is 1.21. The Balaban J connectivity index is 1.65. The number of hydrogen-bond acceptors (Lipinski definition) is 5. The molecule has 0 heterocycles. The molecular formula is C24H38O5. The number of aliphatic hydroxyl groups is 2. The standard InChI is InChI=1S/C24H38O5/c1-14(26)29-21-12-24(4)15(11-19(21)27)5-6-17-16-7-8-18(20(28)13-25)22(16,2)9-10-23(17,24)3/h15-19,21,25,27H,5-13H2,1-4H3/t15-,16-,17-,18+,19-,21-,22-,23-,24-/m0/s1. The fraction of sp³-hybridized carbons (Fsp3) is 0.917. The monoisotopic (exact) mass is 406 g/mol. The Morgan fingerprint density at radius 2 is 1.69 bits per heavy atom. The number of hydrogen-bond donors (Lipinski definition) is 2. The molecule has 0 aromatic heterocycles. The molecule has 0 amide bonds. The molecule has 5 heteroatoms. The minimum Gasteiger partial charge on any atom is -0.460 e. The van der Waals surface area contributed by atoms with Gasteiger partial charge in [-0.2, -0.15) is 0 Å². The van der Waals surface area contributed by atoms with Gasteiger partial charge in [0.25, 0.3) is 0 Å². The molecule has 4 fully saturated rings. The normalized spacial score (nSPS) is 51.5. The topological polar surface area (TPSA) is 83.8 Å². The van der Waals surface area contributed by atoms with Gasteiger partial charge in [0, 0.05) is 12.8 Å². The highest BCUT2D eigenvalue weighted by atomic mass is 16.6. The molecular weight excluding hydrogens is 368 g/mol. The Bertz CT molecular complexity index is 691. The van der Waals surface area contributed by atoms with Gasteiger partial charge in [-0.25, -0.2) is 0 Å². The van der Waals surface area contributed by atoms with Gasteiger partial charge in [-0.3, -0.25) is 9.59 Å².